The third-order valence-electron chi connectivity index (χ3n) is 1.03. The summed E-state index contributed by atoms with van der Waals surface area (Å²) in [6, 6.07) is 5.34. The van der Waals surface area contributed by atoms with Crippen LogP contribution in [-0.4, -0.2) is 0 Å². The van der Waals surface area contributed by atoms with Gasteiger partial charge in [0.05, 0.1) is 10.7 Å². The van der Waals surface area contributed by atoms with Crippen LogP contribution < -0.4 is 5.73 Å². The molecule has 1 aromatic rings. The van der Waals surface area contributed by atoms with Crippen LogP contribution in [0.3, 0.4) is 0 Å². The molecule has 1 rings (SSSR count). The van der Waals surface area contributed by atoms with Gasteiger partial charge in [-0.3, -0.25) is 0 Å². The van der Waals surface area contributed by atoms with E-state index in [4.69, 9.17) is 17.3 Å². The van der Waals surface area contributed by atoms with Crippen molar-refractivity contribution in [1.29, 1.82) is 0 Å². The first-order chi connectivity index (χ1) is 4.22. The average Bonchev–Trinajstić information content (AvgIpc) is 1.83. The molecular formula is C6H6ClNSZn. The van der Waals surface area contributed by atoms with E-state index >= 15 is 0 Å². The molecule has 4 heteroatoms. The van der Waals surface area contributed by atoms with Crippen LogP contribution >= 0.6 is 24.2 Å². The van der Waals surface area contributed by atoms with E-state index in [9.17, 15) is 0 Å². The molecule has 0 aliphatic rings. The van der Waals surface area contributed by atoms with Crippen molar-refractivity contribution in [3.8, 4) is 0 Å². The summed E-state index contributed by atoms with van der Waals surface area (Å²) in [5.41, 5.74) is 6.02. The summed E-state index contributed by atoms with van der Waals surface area (Å²) in [5, 5.41) is 0.558. The molecule has 0 saturated heterocycles. The Labute approximate surface area is 83.1 Å². The van der Waals surface area contributed by atoms with E-state index < -0.39 is 0 Å². The van der Waals surface area contributed by atoms with E-state index in [1.165, 1.54) is 0 Å². The molecule has 50 valence electrons. The number of thiol groups is 1. The van der Waals surface area contributed by atoms with Gasteiger partial charge < -0.3 is 5.73 Å². The van der Waals surface area contributed by atoms with Crippen molar-refractivity contribution in [2.45, 2.75) is 4.90 Å². The molecule has 0 aliphatic carbocycles. The average molecular weight is 225 g/mol. The van der Waals surface area contributed by atoms with E-state index in [-0.39, 0.29) is 19.5 Å². The second-order valence-electron chi connectivity index (χ2n) is 1.67. The van der Waals surface area contributed by atoms with Gasteiger partial charge >= 0.3 is 0 Å². The number of rotatable bonds is 0. The Morgan fingerprint density at radius 3 is 2.40 bits per heavy atom. The van der Waals surface area contributed by atoms with Gasteiger partial charge in [-0.15, -0.1) is 12.6 Å². The van der Waals surface area contributed by atoms with Gasteiger partial charge in [-0.25, -0.2) is 0 Å². The van der Waals surface area contributed by atoms with Crippen LogP contribution in [0.25, 0.3) is 0 Å². The fourth-order valence-electron chi connectivity index (χ4n) is 0.526. The molecule has 0 radical (unpaired) electrons. The van der Waals surface area contributed by atoms with Crippen molar-refractivity contribution < 1.29 is 19.5 Å². The smallest absolute Gasteiger partial charge is 0.0646 e. The van der Waals surface area contributed by atoms with Gasteiger partial charge in [-0.1, -0.05) is 17.7 Å². The van der Waals surface area contributed by atoms with Crippen LogP contribution in [-0.2, 0) is 19.5 Å². The number of benzene rings is 1. The number of halogens is 1. The fraction of sp³-hybridized carbons (Fsp3) is 0. The number of para-hydroxylation sites is 1. The van der Waals surface area contributed by atoms with E-state index in [0.29, 0.717) is 10.7 Å². The standard InChI is InChI=1S/C6H6ClNS.Zn/c7-4-2-1-3-5(9)6(4)8;/h1-3,9H,8H2;. The van der Waals surface area contributed by atoms with Crippen molar-refractivity contribution >= 4 is 29.9 Å². The predicted molar refractivity (Wildman–Crippen MR) is 43.1 cm³/mol. The molecule has 0 fully saturated rings. The summed E-state index contributed by atoms with van der Waals surface area (Å²) < 4.78 is 0. The van der Waals surface area contributed by atoms with Crippen LogP contribution in [0.4, 0.5) is 5.69 Å². The number of anilines is 1. The SMILES string of the molecule is Nc1c(S)cccc1Cl.[Zn]. The van der Waals surface area contributed by atoms with Gasteiger partial charge in [0.25, 0.3) is 0 Å². The third kappa shape index (κ3) is 2.15. The molecule has 0 bridgehead atoms. The fourth-order valence-corrected chi connectivity index (χ4v) is 0.973. The molecule has 0 saturated carbocycles. The second kappa shape index (κ2) is 4.22. The van der Waals surface area contributed by atoms with Crippen molar-refractivity contribution in [3.63, 3.8) is 0 Å². The van der Waals surface area contributed by atoms with Crippen LogP contribution in [0, 0.1) is 0 Å². The largest absolute Gasteiger partial charge is 0.397 e. The van der Waals surface area contributed by atoms with Gasteiger partial charge in [-0.05, 0) is 12.1 Å². The molecule has 0 heterocycles. The molecule has 2 N–H and O–H groups in total. The quantitative estimate of drug-likeness (QED) is 0.395. The molecule has 0 unspecified atom stereocenters. The van der Waals surface area contributed by atoms with E-state index in [1.54, 1.807) is 18.2 Å². The summed E-state index contributed by atoms with van der Waals surface area (Å²) in [4.78, 5) is 0.725. The Bertz CT molecular complexity index is 209. The van der Waals surface area contributed by atoms with Crippen LogP contribution in [0.5, 0.6) is 0 Å². The van der Waals surface area contributed by atoms with E-state index in [1.807, 2.05) is 0 Å². The number of hydrogen-bond acceptors (Lipinski definition) is 2. The van der Waals surface area contributed by atoms with E-state index in [2.05, 4.69) is 12.6 Å². The molecule has 0 amide bonds. The van der Waals surface area contributed by atoms with Gasteiger partial charge in [0, 0.05) is 24.4 Å². The van der Waals surface area contributed by atoms with Crippen LogP contribution in [0.1, 0.15) is 0 Å². The van der Waals surface area contributed by atoms with Crippen LogP contribution in [0.15, 0.2) is 23.1 Å². The topological polar surface area (TPSA) is 26.0 Å². The summed E-state index contributed by atoms with van der Waals surface area (Å²) in [7, 11) is 0. The molecule has 1 aromatic carbocycles. The minimum absolute atomic E-state index is 0. The minimum atomic E-state index is 0. The maximum Gasteiger partial charge on any atom is 0.0646 e. The molecule has 0 atom stereocenters. The Hall–Kier alpha value is 0.283. The van der Waals surface area contributed by atoms with Crippen LogP contribution in [0.2, 0.25) is 5.02 Å². The Balaban J connectivity index is 0.000000810. The molecule has 0 aliphatic heterocycles. The van der Waals surface area contributed by atoms with Crippen molar-refractivity contribution in [2.75, 3.05) is 5.73 Å². The molecule has 1 nitrogen and oxygen atoms in total. The van der Waals surface area contributed by atoms with Crippen molar-refractivity contribution in [3.05, 3.63) is 23.2 Å². The van der Waals surface area contributed by atoms with Gasteiger partial charge in [-0.2, -0.15) is 0 Å². The number of nitrogens with two attached hydrogens (primary N) is 1. The summed E-state index contributed by atoms with van der Waals surface area (Å²) in [6.45, 7) is 0. The summed E-state index contributed by atoms with van der Waals surface area (Å²) >= 11 is 9.70. The first kappa shape index (κ1) is 10.3. The minimum Gasteiger partial charge on any atom is -0.397 e. The molecule has 0 aromatic heterocycles. The van der Waals surface area contributed by atoms with Gasteiger partial charge in [0.15, 0.2) is 0 Å². The predicted octanol–water partition coefficient (Wildman–Crippen LogP) is 2.21. The van der Waals surface area contributed by atoms with Gasteiger partial charge in [0.2, 0.25) is 0 Å². The zero-order chi connectivity index (χ0) is 6.85. The summed E-state index contributed by atoms with van der Waals surface area (Å²) in [5.74, 6) is 0. The van der Waals surface area contributed by atoms with E-state index in [0.717, 1.165) is 4.90 Å². The normalized spacial score (nSPS) is 8.60. The molecule has 0 spiro atoms. The van der Waals surface area contributed by atoms with Gasteiger partial charge in [0.1, 0.15) is 0 Å². The Kier molecular flexibility index (Phi) is 4.34. The van der Waals surface area contributed by atoms with Crippen molar-refractivity contribution in [1.82, 2.24) is 0 Å². The maximum atomic E-state index is 5.64. The monoisotopic (exact) mass is 223 g/mol. The first-order valence-corrected chi connectivity index (χ1v) is 3.27. The Morgan fingerprint density at radius 1 is 1.40 bits per heavy atom. The number of nitrogen functional groups attached to an aromatic ring is 1. The van der Waals surface area contributed by atoms with Crippen molar-refractivity contribution in [2.24, 2.45) is 0 Å². The second-order valence-corrected chi connectivity index (χ2v) is 2.56. The number of hydrogen-bond donors (Lipinski definition) is 2. The zero-order valence-corrected chi connectivity index (χ0v) is 9.96. The zero-order valence-electron chi connectivity index (χ0n) is 5.34. The summed E-state index contributed by atoms with van der Waals surface area (Å²) in [6.07, 6.45) is 0. The maximum absolute atomic E-state index is 5.64. The Morgan fingerprint density at radius 2 is 2.00 bits per heavy atom. The molecular weight excluding hydrogens is 219 g/mol. The molecule has 10 heavy (non-hydrogen) atoms. The third-order valence-corrected chi connectivity index (χ3v) is 1.75. The first-order valence-electron chi connectivity index (χ1n) is 2.45.